The summed E-state index contributed by atoms with van der Waals surface area (Å²) in [5, 5.41) is 8.70. The fraction of sp³-hybridized carbons (Fsp3) is 0.111. The van der Waals surface area contributed by atoms with Gasteiger partial charge in [-0.2, -0.15) is 0 Å². The lowest BCUT2D eigenvalue weighted by Crippen LogP contribution is -2.01. The number of allylic oxidation sites excluding steroid dienone is 1. The van der Waals surface area contributed by atoms with Crippen molar-refractivity contribution < 1.29 is 14.7 Å². The minimum absolute atomic E-state index is 0.0251. The molecular formula is C18H16O3. The molecule has 0 aliphatic carbocycles. The van der Waals surface area contributed by atoms with Gasteiger partial charge in [0.2, 0.25) is 0 Å². The van der Waals surface area contributed by atoms with Crippen molar-refractivity contribution in [3.63, 3.8) is 0 Å². The van der Waals surface area contributed by atoms with Crippen LogP contribution in [0.25, 0.3) is 5.57 Å². The van der Waals surface area contributed by atoms with Crippen LogP contribution in [0.15, 0.2) is 60.7 Å². The molecule has 1 N–H and O–H groups in total. The first-order valence-corrected chi connectivity index (χ1v) is 6.66. The van der Waals surface area contributed by atoms with Gasteiger partial charge in [-0.05, 0) is 24.1 Å². The van der Waals surface area contributed by atoms with E-state index in [4.69, 9.17) is 5.11 Å². The Morgan fingerprint density at radius 3 is 2.24 bits per heavy atom. The maximum atomic E-state index is 12.4. The lowest BCUT2D eigenvalue weighted by Gasteiger charge is -2.05. The van der Waals surface area contributed by atoms with Crippen LogP contribution >= 0.6 is 0 Å². The molecule has 2 rings (SSSR count). The molecule has 3 heteroatoms. The Morgan fingerprint density at radius 1 is 0.952 bits per heavy atom. The fourth-order valence-corrected chi connectivity index (χ4v) is 2.02. The molecule has 0 bridgehead atoms. The van der Waals surface area contributed by atoms with Crippen LogP contribution in [0.3, 0.4) is 0 Å². The summed E-state index contributed by atoms with van der Waals surface area (Å²) >= 11 is 0. The standard InChI is InChI=1S/C18H16O3/c1-13(10-11-17(19)20)15-8-5-9-16(12-15)18(21)14-6-3-2-4-7-14/h2-10,12H,11H2,1H3,(H,19,20)/b13-10+. The Morgan fingerprint density at radius 2 is 1.57 bits per heavy atom. The Bertz CT molecular complexity index is 685. The number of ketones is 1. The van der Waals surface area contributed by atoms with Crippen molar-refractivity contribution in [2.24, 2.45) is 0 Å². The molecule has 2 aromatic carbocycles. The minimum Gasteiger partial charge on any atom is -0.481 e. The zero-order valence-corrected chi connectivity index (χ0v) is 11.7. The normalized spacial score (nSPS) is 11.2. The summed E-state index contributed by atoms with van der Waals surface area (Å²) in [5.74, 6) is -0.908. The molecule has 3 nitrogen and oxygen atoms in total. The highest BCUT2D eigenvalue weighted by molar-refractivity contribution is 6.09. The number of rotatable bonds is 5. The quantitative estimate of drug-likeness (QED) is 0.848. The number of carbonyl (C=O) groups excluding carboxylic acids is 1. The molecule has 0 fully saturated rings. The molecule has 21 heavy (non-hydrogen) atoms. The maximum absolute atomic E-state index is 12.4. The van der Waals surface area contributed by atoms with Crippen LogP contribution in [0.1, 0.15) is 34.8 Å². The van der Waals surface area contributed by atoms with Gasteiger partial charge in [0.05, 0.1) is 6.42 Å². The van der Waals surface area contributed by atoms with E-state index >= 15 is 0 Å². The van der Waals surface area contributed by atoms with Crippen molar-refractivity contribution in [1.29, 1.82) is 0 Å². The summed E-state index contributed by atoms with van der Waals surface area (Å²) in [6, 6.07) is 16.3. The van der Waals surface area contributed by atoms with Crippen molar-refractivity contribution >= 4 is 17.3 Å². The molecule has 0 aromatic heterocycles. The zero-order valence-electron chi connectivity index (χ0n) is 11.7. The second-order valence-electron chi connectivity index (χ2n) is 4.76. The van der Waals surface area contributed by atoms with E-state index in [1.165, 1.54) is 0 Å². The molecule has 106 valence electrons. The molecule has 0 spiro atoms. The summed E-state index contributed by atoms with van der Waals surface area (Å²) in [6.07, 6.45) is 1.62. The Kier molecular flexibility index (Phi) is 4.67. The number of hydrogen-bond donors (Lipinski definition) is 1. The van der Waals surface area contributed by atoms with E-state index in [1.54, 1.807) is 30.3 Å². The third kappa shape index (κ3) is 3.89. The fourth-order valence-electron chi connectivity index (χ4n) is 2.02. The average Bonchev–Trinajstić information content (AvgIpc) is 2.52. The Hall–Kier alpha value is -2.68. The van der Waals surface area contributed by atoms with E-state index in [-0.39, 0.29) is 12.2 Å². The van der Waals surface area contributed by atoms with E-state index < -0.39 is 5.97 Å². The van der Waals surface area contributed by atoms with Gasteiger partial charge in [-0.3, -0.25) is 9.59 Å². The van der Waals surface area contributed by atoms with Crippen molar-refractivity contribution in [2.75, 3.05) is 0 Å². The van der Waals surface area contributed by atoms with Crippen molar-refractivity contribution in [3.05, 3.63) is 77.4 Å². The second kappa shape index (κ2) is 6.66. The van der Waals surface area contributed by atoms with Gasteiger partial charge in [-0.25, -0.2) is 0 Å². The van der Waals surface area contributed by atoms with E-state index in [0.29, 0.717) is 11.1 Å². The molecule has 0 saturated carbocycles. The van der Waals surface area contributed by atoms with Crippen molar-refractivity contribution in [3.8, 4) is 0 Å². The number of hydrogen-bond acceptors (Lipinski definition) is 2. The van der Waals surface area contributed by atoms with E-state index in [9.17, 15) is 9.59 Å². The van der Waals surface area contributed by atoms with Gasteiger partial charge in [-0.15, -0.1) is 0 Å². The summed E-state index contributed by atoms with van der Waals surface area (Å²) < 4.78 is 0. The topological polar surface area (TPSA) is 54.4 Å². The molecular weight excluding hydrogens is 264 g/mol. The molecule has 0 aliphatic rings. The SMILES string of the molecule is C/C(=C\CC(=O)O)c1cccc(C(=O)c2ccccc2)c1. The Balaban J connectivity index is 2.28. The first-order chi connectivity index (χ1) is 10.1. The largest absolute Gasteiger partial charge is 0.481 e. The molecule has 0 saturated heterocycles. The number of carboxylic acids is 1. The molecule has 2 aromatic rings. The Labute approximate surface area is 123 Å². The van der Waals surface area contributed by atoms with Gasteiger partial charge in [0, 0.05) is 11.1 Å². The third-order valence-electron chi connectivity index (χ3n) is 3.20. The molecule has 0 radical (unpaired) electrons. The number of aliphatic carboxylic acids is 1. The van der Waals surface area contributed by atoms with Gasteiger partial charge >= 0.3 is 5.97 Å². The monoisotopic (exact) mass is 280 g/mol. The summed E-state index contributed by atoms with van der Waals surface area (Å²) in [5.41, 5.74) is 2.95. The highest BCUT2D eigenvalue weighted by atomic mass is 16.4. The number of carboxylic acid groups (broad SMARTS) is 1. The van der Waals surface area contributed by atoms with Crippen LogP contribution in [0.2, 0.25) is 0 Å². The molecule has 0 atom stereocenters. The van der Waals surface area contributed by atoms with Gasteiger partial charge in [0.1, 0.15) is 0 Å². The molecule has 0 heterocycles. The lowest BCUT2D eigenvalue weighted by molar-refractivity contribution is -0.135. The second-order valence-corrected chi connectivity index (χ2v) is 4.76. The van der Waals surface area contributed by atoms with Crippen LogP contribution < -0.4 is 0 Å². The summed E-state index contributed by atoms with van der Waals surface area (Å²) in [7, 11) is 0. The third-order valence-corrected chi connectivity index (χ3v) is 3.20. The van der Waals surface area contributed by atoms with E-state index in [1.807, 2.05) is 37.3 Å². The van der Waals surface area contributed by atoms with Crippen LogP contribution in [0, 0.1) is 0 Å². The minimum atomic E-state index is -0.870. The van der Waals surface area contributed by atoms with Crippen molar-refractivity contribution in [1.82, 2.24) is 0 Å². The molecule has 0 amide bonds. The zero-order chi connectivity index (χ0) is 15.2. The first-order valence-electron chi connectivity index (χ1n) is 6.66. The first kappa shape index (κ1) is 14.7. The van der Waals surface area contributed by atoms with Crippen LogP contribution in [0.5, 0.6) is 0 Å². The van der Waals surface area contributed by atoms with Crippen LogP contribution in [0.4, 0.5) is 0 Å². The maximum Gasteiger partial charge on any atom is 0.307 e. The van der Waals surface area contributed by atoms with Gasteiger partial charge in [-0.1, -0.05) is 54.6 Å². The smallest absolute Gasteiger partial charge is 0.307 e. The lowest BCUT2D eigenvalue weighted by atomic mass is 9.98. The number of carbonyl (C=O) groups is 2. The molecule has 0 aliphatic heterocycles. The van der Waals surface area contributed by atoms with Crippen LogP contribution in [-0.4, -0.2) is 16.9 Å². The van der Waals surface area contributed by atoms with Gasteiger partial charge in [0.15, 0.2) is 5.78 Å². The van der Waals surface area contributed by atoms with Crippen molar-refractivity contribution in [2.45, 2.75) is 13.3 Å². The van der Waals surface area contributed by atoms with Crippen LogP contribution in [-0.2, 0) is 4.79 Å². The van der Waals surface area contributed by atoms with Gasteiger partial charge < -0.3 is 5.11 Å². The predicted molar refractivity (Wildman–Crippen MR) is 82.2 cm³/mol. The highest BCUT2D eigenvalue weighted by Crippen LogP contribution is 2.18. The number of benzene rings is 2. The molecule has 0 unspecified atom stereocenters. The summed E-state index contributed by atoms with van der Waals surface area (Å²) in [4.78, 5) is 23.0. The predicted octanol–water partition coefficient (Wildman–Crippen LogP) is 3.80. The van der Waals surface area contributed by atoms with Gasteiger partial charge in [0.25, 0.3) is 0 Å². The van der Waals surface area contributed by atoms with E-state index in [0.717, 1.165) is 11.1 Å². The highest BCUT2D eigenvalue weighted by Gasteiger charge is 2.09. The average molecular weight is 280 g/mol. The van der Waals surface area contributed by atoms with E-state index in [2.05, 4.69) is 0 Å². The summed E-state index contributed by atoms with van der Waals surface area (Å²) in [6.45, 7) is 1.84.